The van der Waals surface area contributed by atoms with Gasteiger partial charge in [0.1, 0.15) is 0 Å². The number of carbonyl (C=O) groups excluding carboxylic acids is 1. The molecule has 0 aromatic heterocycles. The molecule has 1 fully saturated rings. The summed E-state index contributed by atoms with van der Waals surface area (Å²) in [5.74, 6) is 0.125. The van der Waals surface area contributed by atoms with Crippen LogP contribution in [0.25, 0.3) is 0 Å². The topological polar surface area (TPSA) is 46.3 Å². The molecule has 4 heteroatoms. The Morgan fingerprint density at radius 1 is 1.17 bits per heavy atom. The number of likely N-dealkylation sites (tertiary alicyclic amines) is 1. The second-order valence-corrected chi connectivity index (χ2v) is 5.58. The molecule has 0 radical (unpaired) electrons. The number of carbonyl (C=O) groups is 1. The van der Waals surface area contributed by atoms with Crippen LogP contribution in [-0.2, 0) is 0 Å². The zero-order chi connectivity index (χ0) is 12.5. The third kappa shape index (κ3) is 3.39. The van der Waals surface area contributed by atoms with E-state index in [1.165, 1.54) is 0 Å². The Morgan fingerprint density at radius 2 is 1.67 bits per heavy atom. The van der Waals surface area contributed by atoms with E-state index in [0.29, 0.717) is 11.1 Å². The fourth-order valence-corrected chi connectivity index (χ4v) is 2.12. The number of piperidine rings is 1. The normalized spacial score (nSPS) is 18.0. The van der Waals surface area contributed by atoms with Crippen molar-refractivity contribution in [1.82, 2.24) is 4.90 Å². The molecule has 0 atom stereocenters. The number of halogens is 1. The highest BCUT2D eigenvalue weighted by molar-refractivity contribution is 5.94. The molecule has 1 saturated heterocycles. The van der Waals surface area contributed by atoms with Gasteiger partial charge in [-0.15, -0.1) is 12.4 Å². The second-order valence-electron chi connectivity index (χ2n) is 5.58. The van der Waals surface area contributed by atoms with Crippen molar-refractivity contribution < 1.29 is 4.79 Å². The van der Waals surface area contributed by atoms with Gasteiger partial charge in [-0.2, -0.15) is 0 Å². The first-order valence-corrected chi connectivity index (χ1v) is 6.13. The molecule has 1 aromatic rings. The Labute approximate surface area is 115 Å². The predicted molar refractivity (Wildman–Crippen MR) is 77.0 cm³/mol. The molecule has 0 aliphatic carbocycles. The highest BCUT2D eigenvalue weighted by Crippen LogP contribution is 2.30. The van der Waals surface area contributed by atoms with Gasteiger partial charge in [0.15, 0.2) is 0 Å². The van der Waals surface area contributed by atoms with Gasteiger partial charge in [0.2, 0.25) is 0 Å². The van der Waals surface area contributed by atoms with Crippen LogP contribution in [0.4, 0.5) is 5.69 Å². The lowest BCUT2D eigenvalue weighted by Crippen LogP contribution is -2.41. The smallest absolute Gasteiger partial charge is 0.253 e. The molecule has 2 N–H and O–H groups in total. The van der Waals surface area contributed by atoms with Crippen molar-refractivity contribution in [3.63, 3.8) is 0 Å². The minimum absolute atomic E-state index is 0. The van der Waals surface area contributed by atoms with E-state index in [0.717, 1.165) is 31.5 Å². The number of nitrogens with zero attached hydrogens (tertiary/aromatic N) is 1. The van der Waals surface area contributed by atoms with Crippen molar-refractivity contribution in [1.29, 1.82) is 0 Å². The molecule has 0 unspecified atom stereocenters. The van der Waals surface area contributed by atoms with Gasteiger partial charge in [-0.3, -0.25) is 4.79 Å². The lowest BCUT2D eigenvalue weighted by Gasteiger charge is -2.36. The van der Waals surface area contributed by atoms with Crippen LogP contribution < -0.4 is 5.73 Å². The summed E-state index contributed by atoms with van der Waals surface area (Å²) in [5, 5.41) is 0. The maximum absolute atomic E-state index is 12.2. The summed E-state index contributed by atoms with van der Waals surface area (Å²) in [7, 11) is 0. The Balaban J connectivity index is 0.00000162. The van der Waals surface area contributed by atoms with Gasteiger partial charge in [0.05, 0.1) is 0 Å². The van der Waals surface area contributed by atoms with Gasteiger partial charge in [-0.25, -0.2) is 0 Å². The van der Waals surface area contributed by atoms with Gasteiger partial charge in [0, 0.05) is 24.3 Å². The van der Waals surface area contributed by atoms with E-state index in [9.17, 15) is 4.79 Å². The monoisotopic (exact) mass is 268 g/mol. The molecule has 100 valence electrons. The molecule has 1 aliphatic rings. The first kappa shape index (κ1) is 14.8. The first-order chi connectivity index (χ1) is 7.98. The number of hydrogen-bond donors (Lipinski definition) is 1. The Hall–Kier alpha value is -1.22. The van der Waals surface area contributed by atoms with Crippen LogP contribution in [0.2, 0.25) is 0 Å². The van der Waals surface area contributed by atoms with Gasteiger partial charge in [-0.05, 0) is 42.5 Å². The highest BCUT2D eigenvalue weighted by atomic mass is 35.5. The molecule has 1 heterocycles. The molecule has 18 heavy (non-hydrogen) atoms. The van der Waals surface area contributed by atoms with Crippen molar-refractivity contribution in [2.45, 2.75) is 26.7 Å². The van der Waals surface area contributed by atoms with E-state index in [2.05, 4.69) is 13.8 Å². The van der Waals surface area contributed by atoms with Crippen LogP contribution >= 0.6 is 12.4 Å². The zero-order valence-corrected chi connectivity index (χ0v) is 11.8. The molecular formula is C14H21ClN2O. The summed E-state index contributed by atoms with van der Waals surface area (Å²) in [4.78, 5) is 14.1. The van der Waals surface area contributed by atoms with Gasteiger partial charge >= 0.3 is 0 Å². The average molecular weight is 269 g/mol. The number of hydrogen-bond acceptors (Lipinski definition) is 2. The van der Waals surface area contributed by atoms with Crippen LogP contribution in [0.15, 0.2) is 24.3 Å². The van der Waals surface area contributed by atoms with E-state index in [-0.39, 0.29) is 18.3 Å². The largest absolute Gasteiger partial charge is 0.399 e. The van der Waals surface area contributed by atoms with Crippen molar-refractivity contribution in [2.24, 2.45) is 5.41 Å². The van der Waals surface area contributed by atoms with Crippen LogP contribution in [0.5, 0.6) is 0 Å². The minimum atomic E-state index is 0. The van der Waals surface area contributed by atoms with Crippen LogP contribution in [0.3, 0.4) is 0 Å². The molecule has 2 rings (SSSR count). The number of benzene rings is 1. The molecule has 1 aromatic carbocycles. The summed E-state index contributed by atoms with van der Waals surface area (Å²) < 4.78 is 0. The molecule has 0 spiro atoms. The SMILES string of the molecule is CC1(C)CCN(C(=O)c2ccc(N)cc2)CC1.Cl. The number of anilines is 1. The van der Waals surface area contributed by atoms with Crippen molar-refractivity contribution in [3.05, 3.63) is 29.8 Å². The van der Waals surface area contributed by atoms with E-state index in [1.807, 2.05) is 4.90 Å². The predicted octanol–water partition coefficient (Wildman–Crippen LogP) is 2.95. The standard InChI is InChI=1S/C14H20N2O.ClH/c1-14(2)7-9-16(10-8-14)13(17)11-3-5-12(15)6-4-11;/h3-6H,7-10,15H2,1-2H3;1H. The number of amides is 1. The van der Waals surface area contributed by atoms with E-state index < -0.39 is 0 Å². The van der Waals surface area contributed by atoms with E-state index in [4.69, 9.17) is 5.73 Å². The Kier molecular flexibility index (Phi) is 4.63. The van der Waals surface area contributed by atoms with Gasteiger partial charge in [0.25, 0.3) is 5.91 Å². The molecule has 0 bridgehead atoms. The van der Waals surface area contributed by atoms with E-state index in [1.54, 1.807) is 24.3 Å². The molecule has 1 aliphatic heterocycles. The Morgan fingerprint density at radius 3 is 2.17 bits per heavy atom. The third-order valence-electron chi connectivity index (χ3n) is 3.56. The zero-order valence-electron chi connectivity index (χ0n) is 11.0. The maximum Gasteiger partial charge on any atom is 0.253 e. The summed E-state index contributed by atoms with van der Waals surface area (Å²) in [6.07, 6.45) is 2.15. The molecule has 0 saturated carbocycles. The van der Waals surface area contributed by atoms with Crippen LogP contribution in [0.1, 0.15) is 37.0 Å². The summed E-state index contributed by atoms with van der Waals surface area (Å²) >= 11 is 0. The number of nitrogens with two attached hydrogens (primary N) is 1. The fraction of sp³-hybridized carbons (Fsp3) is 0.500. The lowest BCUT2D eigenvalue weighted by atomic mass is 9.82. The van der Waals surface area contributed by atoms with Crippen molar-refractivity contribution >= 4 is 24.0 Å². The lowest BCUT2D eigenvalue weighted by molar-refractivity contribution is 0.0630. The quantitative estimate of drug-likeness (QED) is 0.796. The summed E-state index contributed by atoms with van der Waals surface area (Å²) in [6, 6.07) is 7.16. The first-order valence-electron chi connectivity index (χ1n) is 6.13. The second kappa shape index (κ2) is 5.61. The van der Waals surface area contributed by atoms with Gasteiger partial charge < -0.3 is 10.6 Å². The van der Waals surface area contributed by atoms with E-state index >= 15 is 0 Å². The molecular weight excluding hydrogens is 248 g/mol. The number of rotatable bonds is 1. The van der Waals surface area contributed by atoms with Crippen LogP contribution in [-0.4, -0.2) is 23.9 Å². The highest BCUT2D eigenvalue weighted by Gasteiger charge is 2.28. The summed E-state index contributed by atoms with van der Waals surface area (Å²) in [5.41, 5.74) is 7.42. The average Bonchev–Trinajstić information content (AvgIpc) is 2.29. The van der Waals surface area contributed by atoms with Crippen molar-refractivity contribution in [2.75, 3.05) is 18.8 Å². The Bertz CT molecular complexity index is 404. The summed E-state index contributed by atoms with van der Waals surface area (Å²) in [6.45, 7) is 6.24. The third-order valence-corrected chi connectivity index (χ3v) is 3.56. The van der Waals surface area contributed by atoms with Crippen LogP contribution in [0, 0.1) is 5.41 Å². The van der Waals surface area contributed by atoms with Crippen molar-refractivity contribution in [3.8, 4) is 0 Å². The molecule has 3 nitrogen and oxygen atoms in total. The number of nitrogen functional groups attached to an aromatic ring is 1. The van der Waals surface area contributed by atoms with Gasteiger partial charge in [-0.1, -0.05) is 13.8 Å². The molecule has 1 amide bonds. The maximum atomic E-state index is 12.2. The minimum Gasteiger partial charge on any atom is -0.399 e. The fourth-order valence-electron chi connectivity index (χ4n) is 2.12.